The van der Waals surface area contributed by atoms with Crippen molar-refractivity contribution in [2.24, 2.45) is 0 Å². The highest BCUT2D eigenvalue weighted by Gasteiger charge is 2.23. The Hall–Kier alpha value is -3.81. The van der Waals surface area contributed by atoms with Crippen molar-refractivity contribution >= 4 is 38.6 Å². The molecule has 0 spiro atoms. The molecule has 2 aromatic heterocycles. The Morgan fingerprint density at radius 3 is 2.46 bits per heavy atom. The van der Waals surface area contributed by atoms with E-state index in [2.05, 4.69) is 0 Å². The second-order valence-electron chi connectivity index (χ2n) is 7.97. The maximum atomic E-state index is 13.8. The summed E-state index contributed by atoms with van der Waals surface area (Å²) in [4.78, 5) is 37.5. The van der Waals surface area contributed by atoms with Gasteiger partial charge in [-0.05, 0) is 35.9 Å². The fourth-order valence-electron chi connectivity index (χ4n) is 3.71. The van der Waals surface area contributed by atoms with Crippen LogP contribution in [0.5, 0.6) is 5.75 Å². The first-order valence-corrected chi connectivity index (χ1v) is 12.7. The average Bonchev–Trinajstić information content (AvgIpc) is 3.13. The standard InChI is InChI=1S/C23H18ClF2N3O7S/c1-37(34,35)29-18-8-13(2-5-17(18)28(23(29)33)20(31)11-30)10-27-7-6-19(21(24)22(27)32)36-12-14-3-4-15(25)9-16(14)26/h2-9,30H,10-12H2,1H3. The number of halogens is 3. The Kier molecular flexibility index (Phi) is 7.04. The zero-order chi connectivity index (χ0) is 27.1. The van der Waals surface area contributed by atoms with Gasteiger partial charge in [0.05, 0.1) is 23.8 Å². The summed E-state index contributed by atoms with van der Waals surface area (Å²) in [6, 6.07) is 8.45. The summed E-state index contributed by atoms with van der Waals surface area (Å²) >= 11 is 6.15. The van der Waals surface area contributed by atoms with Crippen LogP contribution >= 0.6 is 11.6 Å². The number of aliphatic hydroxyl groups excluding tert-OH is 1. The maximum absolute atomic E-state index is 13.8. The van der Waals surface area contributed by atoms with E-state index in [-0.39, 0.29) is 40.5 Å². The Balaban J connectivity index is 1.67. The molecule has 4 aromatic rings. The van der Waals surface area contributed by atoms with Crippen LogP contribution in [0, 0.1) is 11.6 Å². The van der Waals surface area contributed by atoms with Crippen molar-refractivity contribution < 1.29 is 31.8 Å². The van der Waals surface area contributed by atoms with Gasteiger partial charge < -0.3 is 14.4 Å². The summed E-state index contributed by atoms with van der Waals surface area (Å²) in [5.41, 5.74) is -1.55. The van der Waals surface area contributed by atoms with Crippen molar-refractivity contribution in [1.82, 2.24) is 13.1 Å². The van der Waals surface area contributed by atoms with Gasteiger partial charge in [0.15, 0.2) is 0 Å². The van der Waals surface area contributed by atoms with E-state index in [0.29, 0.717) is 20.2 Å². The van der Waals surface area contributed by atoms with E-state index in [0.717, 1.165) is 12.3 Å². The zero-order valence-corrected chi connectivity index (χ0v) is 20.6. The third-order valence-corrected chi connectivity index (χ3v) is 6.77. The smallest absolute Gasteiger partial charge is 0.349 e. The first kappa shape index (κ1) is 26.3. The number of fused-ring (bicyclic) bond motifs is 1. The minimum absolute atomic E-state index is 0.0346. The summed E-state index contributed by atoms with van der Waals surface area (Å²) in [6.07, 6.45) is 2.13. The molecule has 2 heterocycles. The van der Waals surface area contributed by atoms with E-state index in [1.165, 1.54) is 41.1 Å². The molecule has 0 fully saturated rings. The van der Waals surface area contributed by atoms with E-state index in [9.17, 15) is 36.7 Å². The Bertz CT molecular complexity index is 1780. The van der Waals surface area contributed by atoms with Crippen molar-refractivity contribution in [2.45, 2.75) is 13.2 Å². The number of carbonyl (C=O) groups excluding carboxylic acids is 1. The molecule has 0 unspecified atom stereocenters. The van der Waals surface area contributed by atoms with E-state index in [1.807, 2.05) is 0 Å². The summed E-state index contributed by atoms with van der Waals surface area (Å²) in [5.74, 6) is -2.61. The molecule has 0 amide bonds. The maximum Gasteiger partial charge on any atom is 0.349 e. The molecule has 194 valence electrons. The molecule has 2 aromatic carbocycles. The number of benzene rings is 2. The molecule has 0 aliphatic heterocycles. The normalized spacial score (nSPS) is 11.7. The van der Waals surface area contributed by atoms with Crippen LogP contribution in [0.3, 0.4) is 0 Å². The topological polar surface area (TPSA) is 130 Å². The molecule has 0 bridgehead atoms. The first-order chi connectivity index (χ1) is 17.4. The summed E-state index contributed by atoms with van der Waals surface area (Å²) in [6.45, 7) is -1.42. The van der Waals surface area contributed by atoms with Crippen LogP contribution in [-0.2, 0) is 23.2 Å². The minimum atomic E-state index is -4.13. The summed E-state index contributed by atoms with van der Waals surface area (Å²) < 4.78 is 59.0. The number of imidazole rings is 1. The average molecular weight is 554 g/mol. The highest BCUT2D eigenvalue weighted by atomic mass is 35.5. The van der Waals surface area contributed by atoms with E-state index >= 15 is 0 Å². The van der Waals surface area contributed by atoms with Gasteiger partial charge >= 0.3 is 5.69 Å². The van der Waals surface area contributed by atoms with Gasteiger partial charge in [0.1, 0.15) is 35.6 Å². The number of hydrogen-bond acceptors (Lipinski definition) is 7. The lowest BCUT2D eigenvalue weighted by molar-refractivity contribution is 0.0819. The highest BCUT2D eigenvalue weighted by Crippen LogP contribution is 2.23. The number of aliphatic hydroxyl groups is 1. The number of carbonyl (C=O) groups is 1. The van der Waals surface area contributed by atoms with Crippen LogP contribution in [0.4, 0.5) is 8.78 Å². The second kappa shape index (κ2) is 9.92. The fraction of sp³-hybridized carbons (Fsp3) is 0.174. The summed E-state index contributed by atoms with van der Waals surface area (Å²) in [7, 11) is -4.13. The lowest BCUT2D eigenvalue weighted by atomic mass is 10.2. The molecular formula is C23H18ClF2N3O7S. The lowest BCUT2D eigenvalue weighted by Crippen LogP contribution is -2.33. The molecule has 0 aliphatic rings. The molecule has 10 nitrogen and oxygen atoms in total. The number of ether oxygens (including phenoxy) is 1. The van der Waals surface area contributed by atoms with Gasteiger partial charge in [-0.3, -0.25) is 9.59 Å². The highest BCUT2D eigenvalue weighted by molar-refractivity contribution is 7.89. The minimum Gasteiger partial charge on any atom is -0.487 e. The van der Waals surface area contributed by atoms with Crippen LogP contribution in [0.1, 0.15) is 15.9 Å². The van der Waals surface area contributed by atoms with Crippen molar-refractivity contribution in [3.05, 3.63) is 97.3 Å². The second-order valence-corrected chi connectivity index (χ2v) is 10.2. The van der Waals surface area contributed by atoms with Gasteiger partial charge in [0.2, 0.25) is 10.0 Å². The largest absolute Gasteiger partial charge is 0.487 e. The molecule has 4 rings (SSSR count). The first-order valence-electron chi connectivity index (χ1n) is 10.5. The Morgan fingerprint density at radius 1 is 1.08 bits per heavy atom. The molecule has 37 heavy (non-hydrogen) atoms. The van der Waals surface area contributed by atoms with Crippen molar-refractivity contribution in [3.8, 4) is 5.75 Å². The molecule has 0 atom stereocenters. The Morgan fingerprint density at radius 2 is 1.81 bits per heavy atom. The third-order valence-electron chi connectivity index (χ3n) is 5.40. The number of rotatable bonds is 7. The lowest BCUT2D eigenvalue weighted by Gasteiger charge is -2.12. The van der Waals surface area contributed by atoms with Gasteiger partial charge in [0, 0.05) is 17.8 Å². The number of pyridine rings is 1. The van der Waals surface area contributed by atoms with Crippen LogP contribution in [0.15, 0.2) is 58.3 Å². The molecular weight excluding hydrogens is 536 g/mol. The SMILES string of the molecule is CS(=O)(=O)n1c(=O)n(C(=O)CO)c2ccc(Cn3ccc(OCc4ccc(F)cc4F)c(Cl)c3=O)cc21. The Labute approximate surface area is 212 Å². The van der Waals surface area contributed by atoms with E-state index in [4.69, 9.17) is 16.3 Å². The van der Waals surface area contributed by atoms with E-state index in [1.54, 1.807) is 0 Å². The zero-order valence-electron chi connectivity index (χ0n) is 19.0. The quantitative estimate of drug-likeness (QED) is 0.370. The molecule has 1 N–H and O–H groups in total. The number of aromatic nitrogens is 3. The fourth-order valence-corrected chi connectivity index (χ4v) is 4.80. The third kappa shape index (κ3) is 5.05. The predicted molar refractivity (Wildman–Crippen MR) is 130 cm³/mol. The molecule has 0 aliphatic carbocycles. The van der Waals surface area contributed by atoms with Gasteiger partial charge in [0.25, 0.3) is 11.5 Å². The predicted octanol–water partition coefficient (Wildman–Crippen LogP) is 1.96. The van der Waals surface area contributed by atoms with Crippen LogP contribution in [0.25, 0.3) is 11.0 Å². The number of nitrogens with zero attached hydrogens (tertiary/aromatic N) is 3. The van der Waals surface area contributed by atoms with Gasteiger partial charge in [-0.2, -0.15) is 3.97 Å². The van der Waals surface area contributed by atoms with Gasteiger partial charge in [-0.25, -0.2) is 26.6 Å². The van der Waals surface area contributed by atoms with Crippen LogP contribution in [0.2, 0.25) is 5.02 Å². The van der Waals surface area contributed by atoms with Crippen LogP contribution < -0.4 is 16.0 Å². The van der Waals surface area contributed by atoms with Crippen molar-refractivity contribution in [3.63, 3.8) is 0 Å². The molecule has 14 heteroatoms. The summed E-state index contributed by atoms with van der Waals surface area (Å²) in [5, 5.41) is 8.87. The van der Waals surface area contributed by atoms with Gasteiger partial charge in [-0.1, -0.05) is 17.7 Å². The molecule has 0 saturated heterocycles. The molecule has 0 radical (unpaired) electrons. The monoisotopic (exact) mass is 553 g/mol. The van der Waals surface area contributed by atoms with Crippen molar-refractivity contribution in [1.29, 1.82) is 0 Å². The van der Waals surface area contributed by atoms with E-state index < -0.39 is 45.4 Å². The van der Waals surface area contributed by atoms with Crippen LogP contribution in [-0.4, -0.2) is 45.4 Å². The van der Waals surface area contributed by atoms with Crippen molar-refractivity contribution in [2.75, 3.05) is 12.9 Å². The number of hydrogen-bond donors (Lipinski definition) is 1. The van der Waals surface area contributed by atoms with Gasteiger partial charge in [-0.15, -0.1) is 0 Å². The molecule has 0 saturated carbocycles.